The summed E-state index contributed by atoms with van der Waals surface area (Å²) in [5.41, 5.74) is 2.84. The summed E-state index contributed by atoms with van der Waals surface area (Å²) in [4.78, 5) is 14.2. The van der Waals surface area contributed by atoms with E-state index in [1.54, 1.807) is 6.20 Å². The van der Waals surface area contributed by atoms with Crippen LogP contribution in [0.1, 0.15) is 44.0 Å². The summed E-state index contributed by atoms with van der Waals surface area (Å²) in [5, 5.41) is 11.2. The predicted molar refractivity (Wildman–Crippen MR) is 82.2 cm³/mol. The van der Waals surface area contributed by atoms with E-state index in [0.717, 1.165) is 48.6 Å². The Morgan fingerprint density at radius 2 is 2.32 bits per heavy atom. The molecule has 6 nitrogen and oxygen atoms in total. The second-order valence-electron chi connectivity index (χ2n) is 6.31. The van der Waals surface area contributed by atoms with Crippen LogP contribution in [-0.4, -0.2) is 39.3 Å². The van der Waals surface area contributed by atoms with Crippen molar-refractivity contribution in [3.63, 3.8) is 0 Å². The van der Waals surface area contributed by atoms with Crippen molar-refractivity contribution in [2.45, 2.75) is 39.5 Å². The van der Waals surface area contributed by atoms with Crippen LogP contribution < -0.4 is 0 Å². The average Bonchev–Trinajstić information content (AvgIpc) is 3.14. The second-order valence-corrected chi connectivity index (χ2v) is 6.31. The van der Waals surface area contributed by atoms with Gasteiger partial charge < -0.3 is 9.42 Å². The van der Waals surface area contributed by atoms with Crippen LogP contribution in [0.2, 0.25) is 0 Å². The summed E-state index contributed by atoms with van der Waals surface area (Å²) in [7, 11) is 0. The van der Waals surface area contributed by atoms with E-state index in [2.05, 4.69) is 15.4 Å². The van der Waals surface area contributed by atoms with E-state index in [1.165, 1.54) is 0 Å². The molecular weight excluding hydrogens is 280 g/mol. The van der Waals surface area contributed by atoms with Crippen molar-refractivity contribution in [2.75, 3.05) is 13.1 Å². The number of aromatic nitrogens is 3. The van der Waals surface area contributed by atoms with Gasteiger partial charge in [0.05, 0.1) is 23.1 Å². The van der Waals surface area contributed by atoms with Crippen LogP contribution in [0.5, 0.6) is 0 Å². The SMILES string of the molecule is Cc1cc(-c2cn[nH]c2C2CCCN(C(=O)C(C)C)C2)on1. The van der Waals surface area contributed by atoms with Crippen LogP contribution in [-0.2, 0) is 4.79 Å². The van der Waals surface area contributed by atoms with Gasteiger partial charge in [-0.25, -0.2) is 0 Å². The van der Waals surface area contributed by atoms with Gasteiger partial charge in [0.15, 0.2) is 5.76 Å². The first-order valence-electron chi connectivity index (χ1n) is 7.82. The van der Waals surface area contributed by atoms with Crippen LogP contribution in [0.3, 0.4) is 0 Å². The Kier molecular flexibility index (Phi) is 4.00. The molecule has 1 fully saturated rings. The molecule has 3 heterocycles. The number of amides is 1. The van der Waals surface area contributed by atoms with Gasteiger partial charge in [-0.15, -0.1) is 0 Å². The Balaban J connectivity index is 1.83. The van der Waals surface area contributed by atoms with Crippen molar-refractivity contribution >= 4 is 5.91 Å². The van der Waals surface area contributed by atoms with Crippen LogP contribution in [0.4, 0.5) is 0 Å². The molecule has 0 aliphatic carbocycles. The molecule has 1 aliphatic heterocycles. The topological polar surface area (TPSA) is 75.0 Å². The van der Waals surface area contributed by atoms with Crippen molar-refractivity contribution in [1.82, 2.24) is 20.3 Å². The summed E-state index contributed by atoms with van der Waals surface area (Å²) in [6.45, 7) is 7.38. The van der Waals surface area contributed by atoms with Crippen molar-refractivity contribution < 1.29 is 9.32 Å². The van der Waals surface area contributed by atoms with E-state index in [9.17, 15) is 4.79 Å². The first kappa shape index (κ1) is 14.8. The van der Waals surface area contributed by atoms with Gasteiger partial charge in [0, 0.05) is 31.0 Å². The van der Waals surface area contributed by atoms with Gasteiger partial charge in [-0.2, -0.15) is 5.10 Å². The van der Waals surface area contributed by atoms with Crippen molar-refractivity contribution in [2.24, 2.45) is 5.92 Å². The highest BCUT2D eigenvalue weighted by atomic mass is 16.5. The van der Waals surface area contributed by atoms with Crippen molar-refractivity contribution in [3.05, 3.63) is 23.7 Å². The van der Waals surface area contributed by atoms with Gasteiger partial charge in [-0.1, -0.05) is 19.0 Å². The molecule has 118 valence electrons. The number of likely N-dealkylation sites (tertiary alicyclic amines) is 1. The smallest absolute Gasteiger partial charge is 0.225 e. The zero-order valence-electron chi connectivity index (χ0n) is 13.3. The number of carbonyl (C=O) groups excluding carboxylic acids is 1. The summed E-state index contributed by atoms with van der Waals surface area (Å²) in [5.74, 6) is 1.26. The molecule has 0 radical (unpaired) electrons. The summed E-state index contributed by atoms with van der Waals surface area (Å²) in [6.07, 6.45) is 3.83. The highest BCUT2D eigenvalue weighted by molar-refractivity contribution is 5.78. The summed E-state index contributed by atoms with van der Waals surface area (Å²) in [6, 6.07) is 1.91. The molecule has 0 spiro atoms. The van der Waals surface area contributed by atoms with E-state index >= 15 is 0 Å². The molecule has 3 rings (SSSR count). The maximum absolute atomic E-state index is 12.2. The van der Waals surface area contributed by atoms with E-state index < -0.39 is 0 Å². The molecule has 1 aliphatic rings. The summed E-state index contributed by atoms with van der Waals surface area (Å²) >= 11 is 0. The molecule has 1 amide bonds. The lowest BCUT2D eigenvalue weighted by molar-refractivity contribution is -0.135. The lowest BCUT2D eigenvalue weighted by Gasteiger charge is -2.33. The van der Waals surface area contributed by atoms with E-state index in [0.29, 0.717) is 0 Å². The standard InChI is InChI=1S/C16H22N4O2/c1-10(2)16(21)20-6-4-5-12(9-20)15-13(8-17-18-15)14-7-11(3)19-22-14/h7-8,10,12H,4-6,9H2,1-3H3,(H,17,18). The van der Waals surface area contributed by atoms with Crippen LogP contribution in [0.25, 0.3) is 11.3 Å². The number of piperidine rings is 1. The van der Waals surface area contributed by atoms with E-state index in [4.69, 9.17) is 4.52 Å². The minimum Gasteiger partial charge on any atom is -0.356 e. The number of nitrogens with zero attached hydrogens (tertiary/aromatic N) is 3. The number of rotatable bonds is 3. The molecule has 1 unspecified atom stereocenters. The Hall–Kier alpha value is -2.11. The molecule has 0 bridgehead atoms. The van der Waals surface area contributed by atoms with Gasteiger partial charge in [-0.3, -0.25) is 9.89 Å². The molecule has 0 saturated carbocycles. The number of aryl methyl sites for hydroxylation is 1. The summed E-state index contributed by atoms with van der Waals surface area (Å²) < 4.78 is 5.36. The van der Waals surface area contributed by atoms with Crippen molar-refractivity contribution in [1.29, 1.82) is 0 Å². The first-order chi connectivity index (χ1) is 10.6. The minimum atomic E-state index is 0.0388. The molecule has 2 aromatic heterocycles. The molecule has 2 aromatic rings. The number of hydrogen-bond donors (Lipinski definition) is 1. The molecular formula is C16H22N4O2. The number of H-pyrrole nitrogens is 1. The molecule has 6 heteroatoms. The largest absolute Gasteiger partial charge is 0.356 e. The van der Waals surface area contributed by atoms with Gasteiger partial charge in [-0.05, 0) is 19.8 Å². The highest BCUT2D eigenvalue weighted by Crippen LogP contribution is 2.33. The Morgan fingerprint density at radius 3 is 3.00 bits per heavy atom. The van der Waals surface area contributed by atoms with Crippen molar-refractivity contribution in [3.8, 4) is 11.3 Å². The quantitative estimate of drug-likeness (QED) is 0.946. The number of aromatic amines is 1. The molecule has 22 heavy (non-hydrogen) atoms. The zero-order chi connectivity index (χ0) is 15.7. The lowest BCUT2D eigenvalue weighted by atomic mass is 9.91. The molecule has 1 N–H and O–H groups in total. The predicted octanol–water partition coefficient (Wildman–Crippen LogP) is 2.74. The maximum atomic E-state index is 12.2. The van der Waals surface area contributed by atoms with Gasteiger partial charge in [0.1, 0.15) is 0 Å². The van der Waals surface area contributed by atoms with E-state index in [1.807, 2.05) is 31.7 Å². The third kappa shape index (κ3) is 2.77. The second kappa shape index (κ2) is 5.94. The monoisotopic (exact) mass is 302 g/mol. The maximum Gasteiger partial charge on any atom is 0.225 e. The number of carbonyl (C=O) groups is 1. The Morgan fingerprint density at radius 1 is 1.50 bits per heavy atom. The first-order valence-corrected chi connectivity index (χ1v) is 7.82. The van der Waals surface area contributed by atoms with Gasteiger partial charge in [0.25, 0.3) is 0 Å². The third-order valence-corrected chi connectivity index (χ3v) is 4.20. The molecule has 1 atom stereocenters. The zero-order valence-corrected chi connectivity index (χ0v) is 13.3. The fourth-order valence-electron chi connectivity index (χ4n) is 3.07. The van der Waals surface area contributed by atoms with Crippen LogP contribution >= 0.6 is 0 Å². The highest BCUT2D eigenvalue weighted by Gasteiger charge is 2.29. The van der Waals surface area contributed by atoms with Crippen LogP contribution in [0.15, 0.2) is 16.8 Å². The molecule has 0 aromatic carbocycles. The number of hydrogen-bond acceptors (Lipinski definition) is 4. The van der Waals surface area contributed by atoms with E-state index in [-0.39, 0.29) is 17.7 Å². The lowest BCUT2D eigenvalue weighted by Crippen LogP contribution is -2.41. The number of nitrogens with one attached hydrogen (secondary N) is 1. The average molecular weight is 302 g/mol. The fraction of sp³-hybridized carbons (Fsp3) is 0.562. The Bertz CT molecular complexity index is 659. The van der Waals surface area contributed by atoms with Gasteiger partial charge >= 0.3 is 0 Å². The molecule has 1 saturated heterocycles. The third-order valence-electron chi connectivity index (χ3n) is 4.20. The Labute approximate surface area is 129 Å². The fourth-order valence-corrected chi connectivity index (χ4v) is 3.07. The minimum absolute atomic E-state index is 0.0388. The normalized spacial score (nSPS) is 18.9. The van der Waals surface area contributed by atoms with Gasteiger partial charge in [0.2, 0.25) is 5.91 Å². The van der Waals surface area contributed by atoms with Crippen LogP contribution in [0, 0.1) is 12.8 Å².